The molecule has 84 valence electrons. The first-order valence-corrected chi connectivity index (χ1v) is 5.25. The highest BCUT2D eigenvalue weighted by molar-refractivity contribution is 5.57. The van der Waals surface area contributed by atoms with Crippen LogP contribution < -0.4 is 4.90 Å². The Morgan fingerprint density at radius 1 is 1.13 bits per heavy atom. The van der Waals surface area contributed by atoms with E-state index in [-0.39, 0.29) is 5.41 Å². The van der Waals surface area contributed by atoms with E-state index in [0.717, 1.165) is 16.8 Å². The molecule has 1 aromatic carbocycles. The van der Waals surface area contributed by atoms with Gasteiger partial charge in [0.15, 0.2) is 0 Å². The maximum absolute atomic E-state index is 10.0. The van der Waals surface area contributed by atoms with Gasteiger partial charge in [0.2, 0.25) is 0 Å². The highest BCUT2D eigenvalue weighted by Crippen LogP contribution is 2.36. The largest absolute Gasteiger partial charge is 0.507 e. The molecule has 15 heavy (non-hydrogen) atoms. The number of phenolic OH excluding ortho intramolecular Hbond substituents is 1. The summed E-state index contributed by atoms with van der Waals surface area (Å²) in [5.74, 6) is 0.424. The molecule has 0 aliphatic heterocycles. The second-order valence-corrected chi connectivity index (χ2v) is 5.30. The molecule has 0 bridgehead atoms. The first-order valence-electron chi connectivity index (χ1n) is 5.25. The predicted octanol–water partition coefficient (Wildman–Crippen LogP) is 3.06. The molecule has 0 aromatic heterocycles. The molecule has 0 radical (unpaired) electrons. The summed E-state index contributed by atoms with van der Waals surface area (Å²) in [7, 11) is 4.02. The summed E-state index contributed by atoms with van der Waals surface area (Å²) in [5.41, 5.74) is 3.05. The van der Waals surface area contributed by atoms with Crippen molar-refractivity contribution in [3.8, 4) is 5.75 Å². The summed E-state index contributed by atoms with van der Waals surface area (Å²) < 4.78 is 0. The van der Waals surface area contributed by atoms with E-state index >= 15 is 0 Å². The number of hydrogen-bond donors (Lipinski definition) is 1. The van der Waals surface area contributed by atoms with Crippen molar-refractivity contribution in [1.82, 2.24) is 0 Å². The lowest BCUT2D eigenvalue weighted by molar-refractivity contribution is 0.443. The molecule has 0 atom stereocenters. The molecule has 0 amide bonds. The van der Waals surface area contributed by atoms with Gasteiger partial charge in [-0.2, -0.15) is 0 Å². The summed E-state index contributed by atoms with van der Waals surface area (Å²) >= 11 is 0. The molecule has 2 nitrogen and oxygen atoms in total. The van der Waals surface area contributed by atoms with Crippen molar-refractivity contribution >= 4 is 5.69 Å². The van der Waals surface area contributed by atoms with Gasteiger partial charge in [-0.15, -0.1) is 0 Å². The molecule has 1 aromatic rings. The molecule has 0 aliphatic carbocycles. The summed E-state index contributed by atoms with van der Waals surface area (Å²) in [6.07, 6.45) is 0. The quantitative estimate of drug-likeness (QED) is 0.765. The van der Waals surface area contributed by atoms with E-state index in [2.05, 4.69) is 31.7 Å². The van der Waals surface area contributed by atoms with Crippen molar-refractivity contribution in [3.63, 3.8) is 0 Å². The monoisotopic (exact) mass is 207 g/mol. The van der Waals surface area contributed by atoms with Crippen molar-refractivity contribution < 1.29 is 5.11 Å². The third-order valence-corrected chi connectivity index (χ3v) is 2.61. The van der Waals surface area contributed by atoms with Crippen molar-refractivity contribution in [2.75, 3.05) is 19.0 Å². The van der Waals surface area contributed by atoms with Gasteiger partial charge in [-0.3, -0.25) is 0 Å². The second kappa shape index (κ2) is 3.76. The van der Waals surface area contributed by atoms with E-state index in [1.165, 1.54) is 0 Å². The number of aryl methyl sites for hydroxylation is 1. The lowest BCUT2D eigenvalue weighted by atomic mass is 9.85. The van der Waals surface area contributed by atoms with E-state index < -0.39 is 0 Å². The maximum Gasteiger partial charge on any atom is 0.122 e. The Kier molecular flexibility index (Phi) is 2.98. The molecule has 2 heteroatoms. The van der Waals surface area contributed by atoms with Crippen LogP contribution in [0.1, 0.15) is 31.9 Å². The van der Waals surface area contributed by atoms with Gasteiger partial charge in [0.25, 0.3) is 0 Å². The van der Waals surface area contributed by atoms with Gasteiger partial charge in [0.1, 0.15) is 5.75 Å². The number of nitrogens with zero attached hydrogens (tertiary/aromatic N) is 1. The number of anilines is 1. The first kappa shape index (κ1) is 11.9. The third kappa shape index (κ3) is 2.44. The molecule has 0 heterocycles. The number of phenols is 1. The standard InChI is InChI=1S/C13H21NO/c1-9-7-10(14(5)6)8-11(12(9)15)13(2,3)4/h7-8,15H,1-6H3. The van der Waals surface area contributed by atoms with Crippen LogP contribution in [0.4, 0.5) is 5.69 Å². The average molecular weight is 207 g/mol. The zero-order valence-corrected chi connectivity index (χ0v) is 10.5. The molecule has 0 fully saturated rings. The lowest BCUT2D eigenvalue weighted by Crippen LogP contribution is -2.15. The van der Waals surface area contributed by atoms with Gasteiger partial charge < -0.3 is 10.0 Å². The zero-order valence-electron chi connectivity index (χ0n) is 10.5. The molecule has 0 aliphatic rings. The number of aromatic hydroxyl groups is 1. The van der Waals surface area contributed by atoms with Crippen molar-refractivity contribution in [2.24, 2.45) is 0 Å². The van der Waals surface area contributed by atoms with Crippen LogP contribution in [-0.2, 0) is 5.41 Å². The molecule has 0 saturated carbocycles. The molecule has 1 rings (SSSR count). The van der Waals surface area contributed by atoms with E-state index in [9.17, 15) is 5.11 Å². The highest BCUT2D eigenvalue weighted by Gasteiger charge is 2.20. The Bertz CT molecular complexity index is 362. The van der Waals surface area contributed by atoms with E-state index in [1.54, 1.807) is 0 Å². The van der Waals surface area contributed by atoms with Gasteiger partial charge in [0, 0.05) is 25.3 Å². The molecule has 1 N–H and O–H groups in total. The van der Waals surface area contributed by atoms with Gasteiger partial charge in [-0.1, -0.05) is 20.8 Å². The predicted molar refractivity (Wildman–Crippen MR) is 65.9 cm³/mol. The van der Waals surface area contributed by atoms with Crippen LogP contribution in [0.2, 0.25) is 0 Å². The molecule has 0 spiro atoms. The summed E-state index contributed by atoms with van der Waals surface area (Å²) in [5, 5.41) is 10.0. The minimum absolute atomic E-state index is 0.0269. The van der Waals surface area contributed by atoms with Gasteiger partial charge in [0.05, 0.1) is 0 Å². The number of rotatable bonds is 1. The van der Waals surface area contributed by atoms with E-state index in [4.69, 9.17) is 0 Å². The van der Waals surface area contributed by atoms with E-state index in [0.29, 0.717) is 5.75 Å². The van der Waals surface area contributed by atoms with Gasteiger partial charge in [-0.25, -0.2) is 0 Å². The smallest absolute Gasteiger partial charge is 0.122 e. The van der Waals surface area contributed by atoms with Crippen molar-refractivity contribution in [1.29, 1.82) is 0 Å². The van der Waals surface area contributed by atoms with E-state index in [1.807, 2.05) is 27.1 Å². The molecule has 0 unspecified atom stereocenters. The average Bonchev–Trinajstić information content (AvgIpc) is 2.06. The van der Waals surface area contributed by atoms with Crippen molar-refractivity contribution in [2.45, 2.75) is 33.1 Å². The minimum Gasteiger partial charge on any atom is -0.507 e. The highest BCUT2D eigenvalue weighted by atomic mass is 16.3. The Morgan fingerprint density at radius 3 is 2.07 bits per heavy atom. The summed E-state index contributed by atoms with van der Waals surface area (Å²) in [6.45, 7) is 8.28. The summed E-state index contributed by atoms with van der Waals surface area (Å²) in [4.78, 5) is 2.06. The number of benzene rings is 1. The minimum atomic E-state index is -0.0269. The van der Waals surface area contributed by atoms with Crippen LogP contribution in [0.5, 0.6) is 5.75 Å². The van der Waals surface area contributed by atoms with Gasteiger partial charge in [-0.05, 0) is 30.0 Å². The fourth-order valence-electron chi connectivity index (χ4n) is 1.59. The van der Waals surface area contributed by atoms with Crippen LogP contribution in [0, 0.1) is 6.92 Å². The second-order valence-electron chi connectivity index (χ2n) is 5.30. The number of hydrogen-bond acceptors (Lipinski definition) is 2. The Morgan fingerprint density at radius 2 is 1.67 bits per heavy atom. The fraction of sp³-hybridized carbons (Fsp3) is 0.538. The Hall–Kier alpha value is -1.18. The van der Waals surface area contributed by atoms with Crippen LogP contribution in [0.25, 0.3) is 0 Å². The first-order chi connectivity index (χ1) is 6.73. The van der Waals surface area contributed by atoms with Crippen LogP contribution >= 0.6 is 0 Å². The lowest BCUT2D eigenvalue weighted by Gasteiger charge is -2.24. The fourth-order valence-corrected chi connectivity index (χ4v) is 1.59. The molecule has 0 saturated heterocycles. The summed E-state index contributed by atoms with van der Waals surface area (Å²) in [6, 6.07) is 4.06. The van der Waals surface area contributed by atoms with Crippen LogP contribution in [0.15, 0.2) is 12.1 Å². The Balaban J connectivity index is 3.38. The third-order valence-electron chi connectivity index (χ3n) is 2.61. The SMILES string of the molecule is Cc1cc(N(C)C)cc(C(C)(C)C)c1O. The molecular weight excluding hydrogens is 186 g/mol. The van der Waals surface area contributed by atoms with Crippen molar-refractivity contribution in [3.05, 3.63) is 23.3 Å². The topological polar surface area (TPSA) is 23.5 Å². The Labute approximate surface area is 92.5 Å². The zero-order chi connectivity index (χ0) is 11.8. The molecular formula is C13H21NO. The van der Waals surface area contributed by atoms with Crippen LogP contribution in [-0.4, -0.2) is 19.2 Å². The normalized spacial score (nSPS) is 11.6. The van der Waals surface area contributed by atoms with Crippen LogP contribution in [0.3, 0.4) is 0 Å². The maximum atomic E-state index is 10.0. The van der Waals surface area contributed by atoms with Gasteiger partial charge >= 0.3 is 0 Å².